The van der Waals surface area contributed by atoms with Crippen LogP contribution in [0.2, 0.25) is 0 Å². The van der Waals surface area contributed by atoms with Gasteiger partial charge in [-0.25, -0.2) is 0 Å². The molecule has 6 fully saturated rings. The Hall–Kier alpha value is -0.680. The lowest BCUT2D eigenvalue weighted by atomic mass is 9.46. The second-order valence-corrected chi connectivity index (χ2v) is 26.5. The number of allylic oxidation sites excluding steroid dienone is 3. The van der Waals surface area contributed by atoms with Crippen molar-refractivity contribution in [1.29, 1.82) is 0 Å². The van der Waals surface area contributed by atoms with Crippen molar-refractivity contribution in [3.63, 3.8) is 0 Å². The van der Waals surface area contributed by atoms with Gasteiger partial charge in [0.25, 0.3) is 0 Å². The number of hydrogen-bond acceptors (Lipinski definition) is 4. The Morgan fingerprint density at radius 3 is 1.42 bits per heavy atom. The third-order valence-corrected chi connectivity index (χ3v) is 21.8. The minimum atomic E-state index is 0. The van der Waals surface area contributed by atoms with Crippen LogP contribution < -0.4 is 0 Å². The lowest BCUT2D eigenvalue weighted by Gasteiger charge is -2.58. The van der Waals surface area contributed by atoms with E-state index >= 15 is 0 Å². The second kappa shape index (κ2) is 24.6. The average molecular weight is 922 g/mol. The third-order valence-electron chi connectivity index (χ3n) is 21.8. The van der Waals surface area contributed by atoms with E-state index in [1.807, 2.05) is 5.57 Å². The molecule has 66 heavy (non-hydrogen) atoms. The minimum Gasteiger partial charge on any atom is -0.396 e. The van der Waals surface area contributed by atoms with Crippen molar-refractivity contribution in [3.05, 3.63) is 23.3 Å². The van der Waals surface area contributed by atoms with Crippen LogP contribution in [0, 0.1) is 98.6 Å². The van der Waals surface area contributed by atoms with Crippen molar-refractivity contribution in [3.8, 4) is 0 Å². The number of hydrogen-bond donors (Lipinski definition) is 3. The molecular weight excluding hydrogens is 809 g/mol. The maximum Gasteiger partial charge on any atom is 0.0612 e. The molecule has 384 valence electrons. The highest BCUT2D eigenvalue weighted by atomic mass is 16.5. The number of rotatable bonds is 16. The highest BCUT2D eigenvalue weighted by Gasteiger charge is 2.60. The third kappa shape index (κ3) is 12.1. The van der Waals surface area contributed by atoms with Crippen molar-refractivity contribution in [2.45, 2.75) is 244 Å². The summed E-state index contributed by atoms with van der Waals surface area (Å²) in [7, 11) is 0. The largest absolute Gasteiger partial charge is 0.396 e. The maximum atomic E-state index is 9.07. The van der Waals surface area contributed by atoms with Crippen LogP contribution >= 0.6 is 0 Å². The quantitative estimate of drug-likeness (QED) is 0.107. The molecule has 4 heteroatoms. The van der Waals surface area contributed by atoms with Gasteiger partial charge in [0, 0.05) is 26.4 Å². The standard InChI is InChI=1S/C30H52O2.C28H48.C3H8O2.CH4/c1-21(2)8-6-9-22(3)26-12-13-27-25-11-10-23-20-24(32-19-7-18-31)14-16-29(23,4)28(25)15-17-30(26,27)5;1-19(2)8-7-9-21(4)24-12-13-25-23-11-10-22-18-20(3)14-16-27(22,5)26(23)15-17-28(24,25)6;4-2-1-3-5;/h10,21-22,24-28,31H,6-9,11-20H2,1-5H3;10,19-21,23-26H,7-9,11-18H2,1-6H3;4-5H,1-3H2;1H4/t22-,24+,25?,26-,27?,28?,29+,30-;20-,21+,23?,24+,25?,26?,27-,28+;;/m10../s1. The summed E-state index contributed by atoms with van der Waals surface area (Å²) in [4.78, 5) is 0. The van der Waals surface area contributed by atoms with E-state index in [-0.39, 0.29) is 27.2 Å². The van der Waals surface area contributed by atoms with Crippen LogP contribution in [-0.2, 0) is 4.74 Å². The molecule has 8 rings (SSSR count). The van der Waals surface area contributed by atoms with Crippen LogP contribution in [0.1, 0.15) is 238 Å². The number of aliphatic hydroxyl groups is 3. The monoisotopic (exact) mass is 921 g/mol. The fourth-order valence-electron chi connectivity index (χ4n) is 18.0. The molecule has 0 aromatic heterocycles. The molecule has 16 atom stereocenters. The molecule has 0 heterocycles. The Bertz CT molecular complexity index is 1510. The van der Waals surface area contributed by atoms with Crippen molar-refractivity contribution >= 4 is 0 Å². The molecule has 8 aliphatic carbocycles. The molecule has 3 N–H and O–H groups in total. The van der Waals surface area contributed by atoms with Crippen LogP contribution in [-0.4, -0.2) is 47.9 Å². The Morgan fingerprint density at radius 1 is 0.530 bits per heavy atom. The highest BCUT2D eigenvalue weighted by molar-refractivity contribution is 5.27. The number of fused-ring (bicyclic) bond motifs is 10. The van der Waals surface area contributed by atoms with Gasteiger partial charge in [-0.2, -0.15) is 0 Å². The van der Waals surface area contributed by atoms with Crippen LogP contribution in [0.4, 0.5) is 0 Å². The van der Waals surface area contributed by atoms with Gasteiger partial charge in [-0.3, -0.25) is 0 Å². The van der Waals surface area contributed by atoms with Crippen molar-refractivity contribution in [1.82, 2.24) is 0 Å². The van der Waals surface area contributed by atoms with E-state index in [9.17, 15) is 0 Å². The molecule has 4 nitrogen and oxygen atoms in total. The van der Waals surface area contributed by atoms with Crippen LogP contribution in [0.5, 0.6) is 0 Å². The Balaban J connectivity index is 0.000000223. The second-order valence-electron chi connectivity index (χ2n) is 26.5. The lowest BCUT2D eigenvalue weighted by Crippen LogP contribution is -2.51. The molecule has 0 saturated heterocycles. The van der Waals surface area contributed by atoms with E-state index in [1.165, 1.54) is 135 Å². The van der Waals surface area contributed by atoms with Crippen LogP contribution in [0.3, 0.4) is 0 Å². The Morgan fingerprint density at radius 2 is 0.985 bits per heavy atom. The highest BCUT2D eigenvalue weighted by Crippen LogP contribution is 2.69. The first kappa shape index (κ1) is 56.2. The first-order valence-electron chi connectivity index (χ1n) is 28.8. The van der Waals surface area contributed by atoms with Gasteiger partial charge in [0.2, 0.25) is 0 Å². The average Bonchev–Trinajstić information content (AvgIpc) is 3.81. The predicted octanol–water partition coefficient (Wildman–Crippen LogP) is 16.5. The van der Waals surface area contributed by atoms with Crippen LogP contribution in [0.15, 0.2) is 23.3 Å². The first-order chi connectivity index (χ1) is 31.0. The predicted molar refractivity (Wildman–Crippen MR) is 282 cm³/mol. The molecule has 0 aliphatic heterocycles. The fraction of sp³-hybridized carbons (Fsp3) is 0.935. The Labute approximate surface area is 410 Å². The lowest BCUT2D eigenvalue weighted by molar-refractivity contribution is -0.0645. The fourth-order valence-corrected chi connectivity index (χ4v) is 18.0. The van der Waals surface area contributed by atoms with E-state index in [1.54, 1.807) is 5.57 Å². The van der Waals surface area contributed by atoms with Crippen molar-refractivity contribution in [2.75, 3.05) is 26.4 Å². The van der Waals surface area contributed by atoms with Crippen molar-refractivity contribution < 1.29 is 20.1 Å². The molecule has 8 aliphatic rings. The van der Waals surface area contributed by atoms with Gasteiger partial charge in [-0.1, -0.05) is 145 Å². The zero-order chi connectivity index (χ0) is 47.2. The summed E-state index contributed by atoms with van der Waals surface area (Å²) in [5.41, 5.74) is 5.79. The topological polar surface area (TPSA) is 69.9 Å². The van der Waals surface area contributed by atoms with Gasteiger partial charge in [0.05, 0.1) is 6.10 Å². The van der Waals surface area contributed by atoms with Crippen LogP contribution in [0.25, 0.3) is 0 Å². The van der Waals surface area contributed by atoms with Gasteiger partial charge in [0.15, 0.2) is 0 Å². The molecule has 6 saturated carbocycles. The summed E-state index contributed by atoms with van der Waals surface area (Å²) >= 11 is 0. The molecule has 0 aromatic rings. The van der Waals surface area contributed by atoms with Gasteiger partial charge in [-0.05, 0) is 214 Å². The van der Waals surface area contributed by atoms with E-state index in [0.29, 0.717) is 40.8 Å². The molecular formula is C62H112O4. The smallest absolute Gasteiger partial charge is 0.0612 e. The summed E-state index contributed by atoms with van der Waals surface area (Å²) in [6.45, 7) is 29.1. The first-order valence-corrected chi connectivity index (χ1v) is 28.8. The van der Waals surface area contributed by atoms with Gasteiger partial charge < -0.3 is 20.1 Å². The summed E-state index contributed by atoms with van der Waals surface area (Å²) in [5, 5.41) is 24.9. The van der Waals surface area contributed by atoms with Gasteiger partial charge >= 0.3 is 0 Å². The molecule has 6 unspecified atom stereocenters. The summed E-state index contributed by atoms with van der Waals surface area (Å²) in [5.74, 6) is 12.2. The zero-order valence-electron chi connectivity index (χ0n) is 44.8. The van der Waals surface area contributed by atoms with Gasteiger partial charge in [0.1, 0.15) is 0 Å². The molecule has 0 aromatic carbocycles. The normalized spacial score (nSPS) is 40.8. The SMILES string of the molecule is C.CC(C)CCC[C@@H](C)[C@H]1CCC2C3CC=C4C[C@@H](C)CC[C@]4(C)C3CC[C@@]21C.CC(C)CCC[C@@H](C)[C@H]1CCC2C3CC=C4C[C@@H](OCCCO)CC[C@]4(C)C3CC[C@@]21C.OCCCO. The number of ether oxygens (including phenoxy) is 1. The van der Waals surface area contributed by atoms with Gasteiger partial charge in [-0.15, -0.1) is 0 Å². The van der Waals surface area contributed by atoms with E-state index in [4.69, 9.17) is 20.1 Å². The number of aliphatic hydroxyl groups excluding tert-OH is 3. The Kier molecular flexibility index (Phi) is 21.0. The maximum absolute atomic E-state index is 9.07. The van der Waals surface area contributed by atoms with E-state index in [0.717, 1.165) is 89.8 Å². The summed E-state index contributed by atoms with van der Waals surface area (Å²) < 4.78 is 6.13. The molecule has 0 spiro atoms. The zero-order valence-corrected chi connectivity index (χ0v) is 44.8. The van der Waals surface area contributed by atoms with E-state index < -0.39 is 0 Å². The minimum absolute atomic E-state index is 0. The molecule has 0 radical (unpaired) electrons. The summed E-state index contributed by atoms with van der Waals surface area (Å²) in [6.07, 6.45) is 38.4. The summed E-state index contributed by atoms with van der Waals surface area (Å²) in [6, 6.07) is 0. The molecule has 0 bridgehead atoms. The van der Waals surface area contributed by atoms with E-state index in [2.05, 4.69) is 88.3 Å². The molecule has 0 amide bonds. The van der Waals surface area contributed by atoms with Crippen molar-refractivity contribution in [2.24, 2.45) is 98.6 Å².